The van der Waals surface area contributed by atoms with Crippen molar-refractivity contribution in [3.05, 3.63) is 63.1 Å². The van der Waals surface area contributed by atoms with E-state index in [-0.39, 0.29) is 6.61 Å². The minimum Gasteiger partial charge on any atom is -0.389 e. The quantitative estimate of drug-likeness (QED) is 0.711. The number of hydrogen-bond acceptors (Lipinski definition) is 4. The van der Waals surface area contributed by atoms with Crippen molar-refractivity contribution in [1.82, 2.24) is 20.4 Å². The van der Waals surface area contributed by atoms with Gasteiger partial charge in [-0.25, -0.2) is 0 Å². The van der Waals surface area contributed by atoms with Gasteiger partial charge >= 0.3 is 0 Å². The van der Waals surface area contributed by atoms with Gasteiger partial charge in [-0.2, -0.15) is 0 Å². The molecule has 3 aromatic rings. The standard InChI is InChI=1S/C14H9Cl3N4O/c15-11-4-2-10(3-5-11)14-18-19-20-21(14)22-8-9-1-6-12(16)13(17)7-9/h1-7H,8H2. The Kier molecular flexibility index (Phi) is 4.47. The third-order valence-electron chi connectivity index (χ3n) is 2.88. The molecule has 1 aromatic heterocycles. The Morgan fingerprint density at radius 3 is 2.45 bits per heavy atom. The fourth-order valence-electron chi connectivity index (χ4n) is 1.80. The molecule has 0 aliphatic rings. The van der Waals surface area contributed by atoms with Crippen LogP contribution in [0.25, 0.3) is 11.4 Å². The number of benzene rings is 2. The number of aromatic nitrogens is 4. The molecule has 2 aromatic carbocycles. The maximum atomic E-state index is 5.97. The highest BCUT2D eigenvalue weighted by Gasteiger charge is 2.10. The van der Waals surface area contributed by atoms with Gasteiger partial charge < -0.3 is 4.84 Å². The Morgan fingerprint density at radius 1 is 0.955 bits per heavy atom. The van der Waals surface area contributed by atoms with Crippen LogP contribution in [0.1, 0.15) is 5.56 Å². The van der Waals surface area contributed by atoms with E-state index in [1.807, 2.05) is 18.2 Å². The summed E-state index contributed by atoms with van der Waals surface area (Å²) in [6.07, 6.45) is 0. The van der Waals surface area contributed by atoms with Gasteiger partial charge in [-0.3, -0.25) is 0 Å². The Morgan fingerprint density at radius 2 is 1.73 bits per heavy atom. The van der Waals surface area contributed by atoms with Crippen LogP contribution in [0.3, 0.4) is 0 Å². The summed E-state index contributed by atoms with van der Waals surface area (Å²) in [6.45, 7) is 0.252. The average Bonchev–Trinajstić information content (AvgIpc) is 2.98. The molecule has 0 unspecified atom stereocenters. The summed E-state index contributed by atoms with van der Waals surface area (Å²) in [5, 5.41) is 13.0. The zero-order valence-corrected chi connectivity index (χ0v) is 13.3. The second kappa shape index (κ2) is 6.52. The number of halogens is 3. The van der Waals surface area contributed by atoms with E-state index in [1.165, 1.54) is 4.85 Å². The first-order valence-electron chi connectivity index (χ1n) is 6.25. The summed E-state index contributed by atoms with van der Waals surface area (Å²) in [4.78, 5) is 6.84. The van der Waals surface area contributed by atoms with E-state index < -0.39 is 0 Å². The van der Waals surface area contributed by atoms with E-state index in [0.29, 0.717) is 20.9 Å². The third-order valence-corrected chi connectivity index (χ3v) is 3.87. The van der Waals surface area contributed by atoms with Crippen LogP contribution < -0.4 is 4.84 Å². The maximum Gasteiger partial charge on any atom is 0.222 e. The van der Waals surface area contributed by atoms with E-state index in [4.69, 9.17) is 39.6 Å². The molecule has 112 valence electrons. The molecule has 5 nitrogen and oxygen atoms in total. The van der Waals surface area contributed by atoms with Crippen LogP contribution in [0.5, 0.6) is 0 Å². The van der Waals surface area contributed by atoms with Crippen LogP contribution in [-0.4, -0.2) is 20.4 Å². The van der Waals surface area contributed by atoms with Crippen molar-refractivity contribution < 1.29 is 4.84 Å². The topological polar surface area (TPSA) is 52.8 Å². The molecule has 0 spiro atoms. The summed E-state index contributed by atoms with van der Waals surface area (Å²) in [5.74, 6) is 0.483. The molecule has 0 fully saturated rings. The fraction of sp³-hybridized carbons (Fsp3) is 0.0714. The van der Waals surface area contributed by atoms with Crippen molar-refractivity contribution in [3.63, 3.8) is 0 Å². The van der Waals surface area contributed by atoms with Gasteiger partial charge in [0.25, 0.3) is 0 Å². The van der Waals surface area contributed by atoms with Crippen LogP contribution >= 0.6 is 34.8 Å². The summed E-state index contributed by atoms with van der Waals surface area (Å²) in [5.41, 5.74) is 1.65. The number of rotatable bonds is 4. The third kappa shape index (κ3) is 3.32. The van der Waals surface area contributed by atoms with E-state index >= 15 is 0 Å². The van der Waals surface area contributed by atoms with E-state index in [0.717, 1.165) is 11.1 Å². The summed E-state index contributed by atoms with van der Waals surface area (Å²) < 4.78 is 0. The molecule has 3 rings (SSSR count). The van der Waals surface area contributed by atoms with Crippen molar-refractivity contribution in [2.75, 3.05) is 0 Å². The van der Waals surface area contributed by atoms with Gasteiger partial charge in [0.1, 0.15) is 6.61 Å². The monoisotopic (exact) mass is 354 g/mol. The van der Waals surface area contributed by atoms with Gasteiger partial charge in [0.2, 0.25) is 5.82 Å². The molecule has 0 aliphatic heterocycles. The molecular formula is C14H9Cl3N4O. The maximum absolute atomic E-state index is 5.97. The highest BCUT2D eigenvalue weighted by atomic mass is 35.5. The van der Waals surface area contributed by atoms with Gasteiger partial charge in [-0.05, 0) is 52.4 Å². The minimum atomic E-state index is 0.252. The zero-order chi connectivity index (χ0) is 15.5. The first kappa shape index (κ1) is 15.1. The molecular weight excluding hydrogens is 347 g/mol. The van der Waals surface area contributed by atoms with Gasteiger partial charge in [0, 0.05) is 10.6 Å². The fourth-order valence-corrected chi connectivity index (χ4v) is 2.25. The molecule has 0 amide bonds. The largest absolute Gasteiger partial charge is 0.389 e. The average molecular weight is 356 g/mol. The molecule has 8 heteroatoms. The lowest BCUT2D eigenvalue weighted by Crippen LogP contribution is -2.14. The predicted octanol–water partition coefficient (Wildman–Crippen LogP) is 3.93. The smallest absolute Gasteiger partial charge is 0.222 e. The lowest BCUT2D eigenvalue weighted by atomic mass is 10.2. The van der Waals surface area contributed by atoms with Crippen molar-refractivity contribution in [3.8, 4) is 11.4 Å². The second-order valence-electron chi connectivity index (χ2n) is 4.40. The predicted molar refractivity (Wildman–Crippen MR) is 85.0 cm³/mol. The lowest BCUT2D eigenvalue weighted by Gasteiger charge is -2.07. The number of tetrazole rings is 1. The lowest BCUT2D eigenvalue weighted by molar-refractivity contribution is 0.0695. The van der Waals surface area contributed by atoms with Crippen LogP contribution in [0, 0.1) is 0 Å². The molecule has 0 N–H and O–H groups in total. The number of nitrogens with zero attached hydrogens (tertiary/aromatic N) is 4. The van der Waals surface area contributed by atoms with Gasteiger partial charge in [-0.15, -0.1) is 5.10 Å². The Balaban J connectivity index is 1.77. The van der Waals surface area contributed by atoms with Crippen LogP contribution in [0.2, 0.25) is 15.1 Å². The minimum absolute atomic E-state index is 0.252. The normalized spacial score (nSPS) is 10.7. The molecule has 0 saturated carbocycles. The van der Waals surface area contributed by atoms with Crippen molar-refractivity contribution >= 4 is 34.8 Å². The van der Waals surface area contributed by atoms with Crippen LogP contribution in [-0.2, 0) is 6.61 Å². The first-order valence-corrected chi connectivity index (χ1v) is 7.38. The SMILES string of the molecule is Clc1ccc(-c2nnnn2OCc2ccc(Cl)c(Cl)c2)cc1. The summed E-state index contributed by atoms with van der Waals surface area (Å²) >= 11 is 17.7. The molecule has 0 radical (unpaired) electrons. The Bertz CT molecular complexity index is 789. The van der Waals surface area contributed by atoms with Crippen LogP contribution in [0.4, 0.5) is 0 Å². The van der Waals surface area contributed by atoms with Gasteiger partial charge in [-0.1, -0.05) is 45.7 Å². The van der Waals surface area contributed by atoms with Gasteiger partial charge in [0.15, 0.2) is 0 Å². The van der Waals surface area contributed by atoms with Crippen LogP contribution in [0.15, 0.2) is 42.5 Å². The molecule has 0 atom stereocenters. The Labute approximate surface area is 141 Å². The highest BCUT2D eigenvalue weighted by molar-refractivity contribution is 6.42. The van der Waals surface area contributed by atoms with Crippen molar-refractivity contribution in [2.45, 2.75) is 6.61 Å². The molecule has 0 aliphatic carbocycles. The van der Waals surface area contributed by atoms with Crippen molar-refractivity contribution in [1.29, 1.82) is 0 Å². The number of hydrogen-bond donors (Lipinski definition) is 0. The second-order valence-corrected chi connectivity index (χ2v) is 5.66. The first-order chi connectivity index (χ1) is 10.6. The van der Waals surface area contributed by atoms with Gasteiger partial charge in [0.05, 0.1) is 10.0 Å². The Hall–Kier alpha value is -1.82. The molecule has 22 heavy (non-hydrogen) atoms. The van der Waals surface area contributed by atoms with E-state index in [1.54, 1.807) is 24.3 Å². The van der Waals surface area contributed by atoms with E-state index in [9.17, 15) is 0 Å². The molecule has 1 heterocycles. The summed E-state index contributed by atoms with van der Waals surface area (Å²) in [6, 6.07) is 12.4. The zero-order valence-electron chi connectivity index (χ0n) is 11.1. The van der Waals surface area contributed by atoms with E-state index in [2.05, 4.69) is 15.5 Å². The summed E-state index contributed by atoms with van der Waals surface area (Å²) in [7, 11) is 0. The highest BCUT2D eigenvalue weighted by Crippen LogP contribution is 2.23. The molecule has 0 bridgehead atoms. The van der Waals surface area contributed by atoms with Crippen molar-refractivity contribution in [2.24, 2.45) is 0 Å². The molecule has 0 saturated heterocycles.